The van der Waals surface area contributed by atoms with Gasteiger partial charge in [-0.25, -0.2) is 0 Å². The lowest BCUT2D eigenvalue weighted by Gasteiger charge is -2.29. The van der Waals surface area contributed by atoms with Crippen molar-refractivity contribution < 1.29 is 9.90 Å². The van der Waals surface area contributed by atoms with Crippen LogP contribution in [0.5, 0.6) is 0 Å². The number of hydrogen-bond acceptors (Lipinski definition) is 2. The summed E-state index contributed by atoms with van der Waals surface area (Å²) in [6, 6.07) is 8.71. The Hall–Kier alpha value is -1.35. The second-order valence-electron chi connectivity index (χ2n) is 5.97. The van der Waals surface area contributed by atoms with Crippen LogP contribution in [-0.4, -0.2) is 29.1 Å². The minimum atomic E-state index is -0.676. The molecule has 0 radical (unpaired) electrons. The minimum absolute atomic E-state index is 0.304. The molecule has 20 heavy (non-hydrogen) atoms. The van der Waals surface area contributed by atoms with Gasteiger partial charge in [0, 0.05) is 19.5 Å². The third-order valence-electron chi connectivity index (χ3n) is 4.23. The summed E-state index contributed by atoms with van der Waals surface area (Å²) in [5.74, 6) is -0.160. The zero-order valence-corrected chi connectivity index (χ0v) is 12.3. The number of carboxylic acids is 1. The van der Waals surface area contributed by atoms with Gasteiger partial charge in [-0.15, -0.1) is 0 Å². The van der Waals surface area contributed by atoms with Crippen molar-refractivity contribution in [3.63, 3.8) is 0 Å². The first-order valence-corrected chi connectivity index (χ1v) is 7.66. The van der Waals surface area contributed by atoms with Crippen LogP contribution in [0.4, 0.5) is 0 Å². The number of fused-ring (bicyclic) bond motifs is 1. The summed E-state index contributed by atoms with van der Waals surface area (Å²) >= 11 is 0. The molecule has 0 saturated carbocycles. The maximum absolute atomic E-state index is 10.5. The van der Waals surface area contributed by atoms with Gasteiger partial charge in [0.2, 0.25) is 0 Å². The topological polar surface area (TPSA) is 40.5 Å². The van der Waals surface area contributed by atoms with Crippen molar-refractivity contribution in [2.24, 2.45) is 5.92 Å². The summed E-state index contributed by atoms with van der Waals surface area (Å²) in [6.07, 6.45) is 4.57. The fraction of sp³-hybridized carbons (Fsp3) is 0.588. The molecule has 1 heterocycles. The molecule has 3 heteroatoms. The highest BCUT2D eigenvalue weighted by Crippen LogP contribution is 2.19. The zero-order valence-electron chi connectivity index (χ0n) is 12.3. The lowest BCUT2D eigenvalue weighted by Crippen LogP contribution is -2.31. The molecule has 1 aliphatic heterocycles. The molecule has 0 amide bonds. The Bertz CT molecular complexity index is 444. The van der Waals surface area contributed by atoms with Gasteiger partial charge >= 0.3 is 5.97 Å². The van der Waals surface area contributed by atoms with Gasteiger partial charge in [0.15, 0.2) is 0 Å². The van der Waals surface area contributed by atoms with E-state index in [9.17, 15) is 4.79 Å². The van der Waals surface area contributed by atoms with Crippen molar-refractivity contribution in [1.29, 1.82) is 0 Å². The van der Waals surface area contributed by atoms with E-state index in [2.05, 4.69) is 36.1 Å². The molecule has 0 aromatic heterocycles. The smallest absolute Gasteiger partial charge is 0.303 e. The fourth-order valence-electron chi connectivity index (χ4n) is 2.92. The van der Waals surface area contributed by atoms with E-state index < -0.39 is 5.97 Å². The maximum Gasteiger partial charge on any atom is 0.303 e. The van der Waals surface area contributed by atoms with Gasteiger partial charge in [-0.2, -0.15) is 0 Å². The van der Waals surface area contributed by atoms with Gasteiger partial charge in [0.25, 0.3) is 0 Å². The summed E-state index contributed by atoms with van der Waals surface area (Å²) in [6.45, 7) is 5.51. The number of hydrogen-bond donors (Lipinski definition) is 1. The van der Waals surface area contributed by atoms with Crippen LogP contribution in [0, 0.1) is 5.92 Å². The molecule has 0 bridgehead atoms. The van der Waals surface area contributed by atoms with Crippen molar-refractivity contribution in [1.82, 2.24) is 4.90 Å². The molecule has 1 atom stereocenters. The van der Waals surface area contributed by atoms with E-state index in [1.807, 2.05) is 0 Å². The number of aliphatic carboxylic acids is 1. The molecule has 0 aliphatic carbocycles. The number of carbonyl (C=O) groups is 1. The normalized spacial score (nSPS) is 16.6. The Morgan fingerprint density at radius 1 is 1.30 bits per heavy atom. The molecule has 1 aromatic rings. The Morgan fingerprint density at radius 3 is 2.80 bits per heavy atom. The molecular formula is C17H25NO2. The summed E-state index contributed by atoms with van der Waals surface area (Å²) in [4.78, 5) is 13.1. The number of rotatable bonds is 7. The lowest BCUT2D eigenvalue weighted by atomic mass is 9.98. The number of carboxylic acid groups (broad SMARTS) is 1. The van der Waals surface area contributed by atoms with Gasteiger partial charge in [-0.05, 0) is 49.3 Å². The largest absolute Gasteiger partial charge is 0.481 e. The SMILES string of the molecule is CC(CCCN1CCc2ccccc2C1)CCC(=O)O. The van der Waals surface area contributed by atoms with Crippen LogP contribution < -0.4 is 0 Å². The Kier molecular flexibility index (Phi) is 5.60. The second-order valence-corrected chi connectivity index (χ2v) is 5.97. The molecule has 1 aromatic carbocycles. The molecule has 110 valence electrons. The van der Waals surface area contributed by atoms with Crippen LogP contribution in [0.15, 0.2) is 24.3 Å². The van der Waals surface area contributed by atoms with E-state index in [4.69, 9.17) is 5.11 Å². The van der Waals surface area contributed by atoms with Gasteiger partial charge < -0.3 is 5.11 Å². The standard InChI is InChI=1S/C17H25NO2/c1-14(8-9-17(19)20)5-4-11-18-12-10-15-6-2-3-7-16(15)13-18/h2-3,6-7,14H,4-5,8-13H2,1H3,(H,19,20). The quantitative estimate of drug-likeness (QED) is 0.830. The van der Waals surface area contributed by atoms with Gasteiger partial charge in [0.1, 0.15) is 0 Å². The first kappa shape index (κ1) is 15.0. The van der Waals surface area contributed by atoms with Crippen LogP contribution in [0.2, 0.25) is 0 Å². The minimum Gasteiger partial charge on any atom is -0.481 e. The Balaban J connectivity index is 1.67. The second kappa shape index (κ2) is 7.44. The Morgan fingerprint density at radius 2 is 2.05 bits per heavy atom. The maximum atomic E-state index is 10.5. The van der Waals surface area contributed by atoms with Crippen molar-refractivity contribution in [2.45, 2.75) is 45.6 Å². The van der Waals surface area contributed by atoms with E-state index >= 15 is 0 Å². The highest BCUT2D eigenvalue weighted by Gasteiger charge is 2.15. The summed E-state index contributed by atoms with van der Waals surface area (Å²) < 4.78 is 0. The van der Waals surface area contributed by atoms with Crippen LogP contribution in [-0.2, 0) is 17.8 Å². The molecule has 1 N–H and O–H groups in total. The van der Waals surface area contributed by atoms with Gasteiger partial charge in [0.05, 0.1) is 0 Å². The van der Waals surface area contributed by atoms with Crippen LogP contribution in [0.1, 0.15) is 43.7 Å². The molecule has 1 unspecified atom stereocenters. The molecule has 0 saturated heterocycles. The molecule has 0 fully saturated rings. The van der Waals surface area contributed by atoms with Gasteiger partial charge in [-0.1, -0.05) is 31.2 Å². The summed E-state index contributed by atoms with van der Waals surface area (Å²) in [5, 5.41) is 8.68. The highest BCUT2D eigenvalue weighted by atomic mass is 16.4. The van der Waals surface area contributed by atoms with Crippen molar-refractivity contribution in [3.05, 3.63) is 35.4 Å². The van der Waals surface area contributed by atoms with E-state index in [0.717, 1.165) is 38.9 Å². The van der Waals surface area contributed by atoms with E-state index in [0.29, 0.717) is 12.3 Å². The van der Waals surface area contributed by atoms with E-state index in [1.54, 1.807) is 0 Å². The van der Waals surface area contributed by atoms with E-state index in [-0.39, 0.29) is 0 Å². The molecule has 1 aliphatic rings. The zero-order chi connectivity index (χ0) is 14.4. The predicted molar refractivity (Wildman–Crippen MR) is 80.7 cm³/mol. The van der Waals surface area contributed by atoms with Crippen LogP contribution >= 0.6 is 0 Å². The number of nitrogens with zero attached hydrogens (tertiary/aromatic N) is 1. The van der Waals surface area contributed by atoms with E-state index in [1.165, 1.54) is 17.5 Å². The first-order chi connectivity index (χ1) is 9.65. The fourth-order valence-corrected chi connectivity index (χ4v) is 2.92. The van der Waals surface area contributed by atoms with Crippen molar-refractivity contribution in [3.8, 4) is 0 Å². The lowest BCUT2D eigenvalue weighted by molar-refractivity contribution is -0.137. The first-order valence-electron chi connectivity index (χ1n) is 7.66. The monoisotopic (exact) mass is 275 g/mol. The third kappa shape index (κ3) is 4.64. The molecular weight excluding hydrogens is 250 g/mol. The van der Waals surface area contributed by atoms with Crippen LogP contribution in [0.3, 0.4) is 0 Å². The van der Waals surface area contributed by atoms with Crippen LogP contribution in [0.25, 0.3) is 0 Å². The summed E-state index contributed by atoms with van der Waals surface area (Å²) in [7, 11) is 0. The number of benzene rings is 1. The average molecular weight is 275 g/mol. The Labute approximate surface area is 121 Å². The molecule has 3 nitrogen and oxygen atoms in total. The van der Waals surface area contributed by atoms with Crippen molar-refractivity contribution >= 4 is 5.97 Å². The van der Waals surface area contributed by atoms with Gasteiger partial charge in [-0.3, -0.25) is 9.69 Å². The predicted octanol–water partition coefficient (Wildman–Crippen LogP) is 3.33. The van der Waals surface area contributed by atoms with Crippen molar-refractivity contribution in [2.75, 3.05) is 13.1 Å². The molecule has 0 spiro atoms. The third-order valence-corrected chi connectivity index (χ3v) is 4.23. The molecule has 2 rings (SSSR count). The average Bonchev–Trinajstić information content (AvgIpc) is 2.45. The summed E-state index contributed by atoms with van der Waals surface area (Å²) in [5.41, 5.74) is 2.97. The highest BCUT2D eigenvalue weighted by molar-refractivity contribution is 5.66.